The number of hydrogen-bond acceptors (Lipinski definition) is 4. The van der Waals surface area contributed by atoms with Crippen LogP contribution in [-0.4, -0.2) is 24.1 Å². The van der Waals surface area contributed by atoms with E-state index >= 15 is 0 Å². The summed E-state index contributed by atoms with van der Waals surface area (Å²) in [5.41, 5.74) is 0.327. The standard InChI is InChI=1S/C8H12N2O2/c1-6(2)8(11)12-7(3)10(4)5-9/h7H,1H2,2-4H3. The second kappa shape index (κ2) is 4.39. The van der Waals surface area contributed by atoms with E-state index in [4.69, 9.17) is 10.00 Å². The minimum absolute atomic E-state index is 0.327. The smallest absolute Gasteiger partial charge is 0.335 e. The Hall–Kier alpha value is -1.50. The summed E-state index contributed by atoms with van der Waals surface area (Å²) in [6.07, 6.45) is 1.29. The average molecular weight is 168 g/mol. The number of carbonyl (C=O) groups is 1. The van der Waals surface area contributed by atoms with Gasteiger partial charge in [-0.15, -0.1) is 0 Å². The highest BCUT2D eigenvalue weighted by Crippen LogP contribution is 2.00. The maximum Gasteiger partial charge on any atom is 0.335 e. The highest BCUT2D eigenvalue weighted by Gasteiger charge is 2.12. The first-order chi connectivity index (χ1) is 5.49. The predicted octanol–water partition coefficient (Wildman–Crippen LogP) is 0.865. The van der Waals surface area contributed by atoms with E-state index in [9.17, 15) is 4.79 Å². The van der Waals surface area contributed by atoms with Crippen LogP contribution in [0.15, 0.2) is 12.2 Å². The molecule has 1 atom stereocenters. The Labute approximate surface area is 72.0 Å². The van der Waals surface area contributed by atoms with Crippen LogP contribution in [0.3, 0.4) is 0 Å². The van der Waals surface area contributed by atoms with E-state index in [0.29, 0.717) is 5.57 Å². The van der Waals surface area contributed by atoms with E-state index in [1.54, 1.807) is 13.8 Å². The van der Waals surface area contributed by atoms with Crippen LogP contribution in [0, 0.1) is 11.5 Å². The Balaban J connectivity index is 4.03. The van der Waals surface area contributed by atoms with Crippen molar-refractivity contribution in [2.24, 2.45) is 0 Å². The van der Waals surface area contributed by atoms with Crippen molar-refractivity contribution in [3.05, 3.63) is 12.2 Å². The van der Waals surface area contributed by atoms with Crippen LogP contribution in [0.2, 0.25) is 0 Å². The lowest BCUT2D eigenvalue weighted by molar-refractivity contribution is -0.149. The predicted molar refractivity (Wildman–Crippen MR) is 43.7 cm³/mol. The van der Waals surface area contributed by atoms with Crippen LogP contribution in [0.25, 0.3) is 0 Å². The third-order valence-electron chi connectivity index (χ3n) is 1.33. The second-order valence-corrected chi connectivity index (χ2v) is 2.50. The molecule has 0 aliphatic heterocycles. The maximum atomic E-state index is 10.9. The van der Waals surface area contributed by atoms with Gasteiger partial charge in [0.05, 0.1) is 0 Å². The van der Waals surface area contributed by atoms with Gasteiger partial charge in [0.25, 0.3) is 0 Å². The lowest BCUT2D eigenvalue weighted by Crippen LogP contribution is -2.29. The fourth-order valence-corrected chi connectivity index (χ4v) is 0.416. The summed E-state index contributed by atoms with van der Waals surface area (Å²) in [6, 6.07) is 0. The number of carbonyl (C=O) groups excluding carboxylic acids is 1. The fraction of sp³-hybridized carbons (Fsp3) is 0.500. The molecular weight excluding hydrogens is 156 g/mol. The minimum Gasteiger partial charge on any atom is -0.438 e. The van der Waals surface area contributed by atoms with Crippen LogP contribution in [-0.2, 0) is 9.53 Å². The molecule has 0 heterocycles. The molecule has 0 N–H and O–H groups in total. The van der Waals surface area contributed by atoms with E-state index < -0.39 is 12.2 Å². The van der Waals surface area contributed by atoms with Crippen LogP contribution < -0.4 is 0 Å². The zero-order chi connectivity index (χ0) is 9.72. The summed E-state index contributed by atoms with van der Waals surface area (Å²) in [5, 5.41) is 8.42. The van der Waals surface area contributed by atoms with E-state index in [-0.39, 0.29) is 0 Å². The average Bonchev–Trinajstić information content (AvgIpc) is 2.02. The number of nitrogens with zero attached hydrogens (tertiary/aromatic N) is 2. The molecule has 66 valence electrons. The molecule has 0 rings (SSSR count). The van der Waals surface area contributed by atoms with Gasteiger partial charge in [0.15, 0.2) is 12.4 Å². The Morgan fingerprint density at radius 1 is 1.75 bits per heavy atom. The van der Waals surface area contributed by atoms with E-state index in [2.05, 4.69) is 6.58 Å². The highest BCUT2D eigenvalue weighted by molar-refractivity contribution is 5.87. The van der Waals surface area contributed by atoms with Crippen molar-refractivity contribution in [3.8, 4) is 6.19 Å². The summed E-state index contributed by atoms with van der Waals surface area (Å²) in [5.74, 6) is -0.482. The normalized spacial score (nSPS) is 11.2. The Morgan fingerprint density at radius 2 is 2.25 bits per heavy atom. The fourth-order valence-electron chi connectivity index (χ4n) is 0.416. The molecule has 0 aromatic heterocycles. The number of esters is 1. The zero-order valence-corrected chi connectivity index (χ0v) is 7.50. The Kier molecular flexibility index (Phi) is 3.84. The van der Waals surface area contributed by atoms with Crippen LogP contribution in [0.4, 0.5) is 0 Å². The van der Waals surface area contributed by atoms with Gasteiger partial charge in [0, 0.05) is 12.6 Å². The molecule has 0 aromatic carbocycles. The number of rotatable bonds is 3. The second-order valence-electron chi connectivity index (χ2n) is 2.50. The van der Waals surface area contributed by atoms with Gasteiger partial charge < -0.3 is 4.74 Å². The van der Waals surface area contributed by atoms with Crippen LogP contribution in [0.1, 0.15) is 13.8 Å². The third-order valence-corrected chi connectivity index (χ3v) is 1.33. The van der Waals surface area contributed by atoms with Crippen LogP contribution in [0.5, 0.6) is 0 Å². The summed E-state index contributed by atoms with van der Waals surface area (Å²) < 4.78 is 4.83. The molecule has 0 aliphatic carbocycles. The Bertz CT molecular complexity index is 230. The molecule has 0 saturated carbocycles. The van der Waals surface area contributed by atoms with Crippen molar-refractivity contribution >= 4 is 5.97 Å². The first-order valence-corrected chi connectivity index (χ1v) is 3.48. The van der Waals surface area contributed by atoms with Gasteiger partial charge in [0.1, 0.15) is 0 Å². The van der Waals surface area contributed by atoms with Gasteiger partial charge in [-0.05, 0) is 13.8 Å². The molecule has 0 bridgehead atoms. The van der Waals surface area contributed by atoms with E-state index in [1.165, 1.54) is 11.9 Å². The largest absolute Gasteiger partial charge is 0.438 e. The zero-order valence-electron chi connectivity index (χ0n) is 7.50. The lowest BCUT2D eigenvalue weighted by Gasteiger charge is -2.18. The third kappa shape index (κ3) is 3.06. The first kappa shape index (κ1) is 10.5. The van der Waals surface area contributed by atoms with Gasteiger partial charge >= 0.3 is 5.97 Å². The minimum atomic E-state index is -0.542. The topological polar surface area (TPSA) is 53.3 Å². The maximum absolute atomic E-state index is 10.9. The summed E-state index contributed by atoms with van der Waals surface area (Å²) in [7, 11) is 1.54. The van der Waals surface area contributed by atoms with Crippen molar-refractivity contribution in [2.75, 3.05) is 7.05 Å². The Morgan fingerprint density at radius 3 is 2.58 bits per heavy atom. The van der Waals surface area contributed by atoms with Gasteiger partial charge in [-0.1, -0.05) is 6.58 Å². The van der Waals surface area contributed by atoms with E-state index in [0.717, 1.165) is 0 Å². The van der Waals surface area contributed by atoms with E-state index in [1.807, 2.05) is 6.19 Å². The van der Waals surface area contributed by atoms with Gasteiger partial charge in [-0.2, -0.15) is 5.26 Å². The van der Waals surface area contributed by atoms with Crippen LogP contribution >= 0.6 is 0 Å². The molecule has 0 aliphatic rings. The van der Waals surface area contributed by atoms with Crippen molar-refractivity contribution in [1.29, 1.82) is 5.26 Å². The summed E-state index contributed by atoms with van der Waals surface area (Å²) in [6.45, 7) is 6.59. The van der Waals surface area contributed by atoms with Crippen molar-refractivity contribution in [3.63, 3.8) is 0 Å². The highest BCUT2D eigenvalue weighted by atomic mass is 16.6. The van der Waals surface area contributed by atoms with Crippen molar-refractivity contribution in [2.45, 2.75) is 20.1 Å². The molecule has 12 heavy (non-hydrogen) atoms. The molecule has 4 heteroatoms. The molecule has 0 aromatic rings. The molecular formula is C8H12N2O2. The molecule has 0 saturated heterocycles. The molecule has 0 amide bonds. The number of nitriles is 1. The van der Waals surface area contributed by atoms with Gasteiger partial charge in [-0.3, -0.25) is 4.90 Å². The SMILES string of the molecule is C=C(C)C(=O)OC(C)N(C)C#N. The quantitative estimate of drug-likeness (QED) is 0.206. The molecule has 0 radical (unpaired) electrons. The monoisotopic (exact) mass is 168 g/mol. The number of hydrogen-bond donors (Lipinski definition) is 0. The summed E-state index contributed by atoms with van der Waals surface area (Å²) >= 11 is 0. The molecule has 0 spiro atoms. The summed E-state index contributed by atoms with van der Waals surface area (Å²) in [4.78, 5) is 12.2. The molecule has 0 fully saturated rings. The van der Waals surface area contributed by atoms with Crippen molar-refractivity contribution in [1.82, 2.24) is 4.90 Å². The molecule has 4 nitrogen and oxygen atoms in total. The molecule has 1 unspecified atom stereocenters. The van der Waals surface area contributed by atoms with Crippen molar-refractivity contribution < 1.29 is 9.53 Å². The number of ether oxygens (including phenoxy) is 1. The first-order valence-electron chi connectivity index (χ1n) is 3.48. The van der Waals surface area contributed by atoms with Gasteiger partial charge in [0.2, 0.25) is 0 Å². The van der Waals surface area contributed by atoms with Gasteiger partial charge in [-0.25, -0.2) is 4.79 Å². The lowest BCUT2D eigenvalue weighted by atomic mass is 10.4.